The van der Waals surface area contributed by atoms with Gasteiger partial charge < -0.3 is 29.6 Å². The van der Waals surface area contributed by atoms with Crippen molar-refractivity contribution >= 4 is 11.9 Å². The van der Waals surface area contributed by atoms with Crippen molar-refractivity contribution in [1.82, 2.24) is 4.90 Å². The topological polar surface area (TPSA) is 107 Å². The van der Waals surface area contributed by atoms with Crippen LogP contribution in [0.3, 0.4) is 0 Å². The van der Waals surface area contributed by atoms with Gasteiger partial charge in [0, 0.05) is 6.54 Å². The number of carbonyl (C=O) groups excluding carboxylic acids is 1. The maximum absolute atomic E-state index is 12.4. The van der Waals surface area contributed by atoms with E-state index in [9.17, 15) is 4.79 Å². The van der Waals surface area contributed by atoms with E-state index in [1.165, 1.54) is 21.3 Å². The van der Waals surface area contributed by atoms with E-state index in [2.05, 4.69) is 0 Å². The molecule has 1 aromatic rings. The number of ether oxygens (including phenoxy) is 4. The molecule has 3 N–H and O–H groups in total. The molecule has 8 nitrogen and oxygen atoms in total. The van der Waals surface area contributed by atoms with Crippen molar-refractivity contribution in [3.05, 3.63) is 17.7 Å². The van der Waals surface area contributed by atoms with Crippen LogP contribution >= 0.6 is 0 Å². The Labute approximate surface area is 140 Å². The van der Waals surface area contributed by atoms with Gasteiger partial charge in [-0.2, -0.15) is 0 Å². The lowest BCUT2D eigenvalue weighted by Gasteiger charge is -2.32. The van der Waals surface area contributed by atoms with Crippen molar-refractivity contribution < 1.29 is 23.7 Å². The Morgan fingerprint density at radius 1 is 1.21 bits per heavy atom. The van der Waals surface area contributed by atoms with Gasteiger partial charge in [-0.25, -0.2) is 4.79 Å². The Morgan fingerprint density at radius 2 is 1.83 bits per heavy atom. The van der Waals surface area contributed by atoms with Crippen molar-refractivity contribution in [2.75, 3.05) is 34.4 Å². The maximum atomic E-state index is 12.4. The molecule has 0 amide bonds. The van der Waals surface area contributed by atoms with Crippen LogP contribution in [0.2, 0.25) is 0 Å². The molecule has 0 aromatic heterocycles. The smallest absolute Gasteiger partial charge is 0.338 e. The molecule has 132 valence electrons. The summed E-state index contributed by atoms with van der Waals surface area (Å²) in [6.07, 6.45) is 1.24. The molecule has 0 bridgehead atoms. The molecule has 0 aliphatic carbocycles. The van der Waals surface area contributed by atoms with E-state index in [0.29, 0.717) is 35.9 Å². The molecular weight excluding hydrogens is 314 g/mol. The number of guanidine groups is 1. The van der Waals surface area contributed by atoms with Gasteiger partial charge in [0.25, 0.3) is 0 Å². The van der Waals surface area contributed by atoms with E-state index in [1.54, 1.807) is 17.0 Å². The third kappa shape index (κ3) is 3.81. The molecule has 0 radical (unpaired) electrons. The third-order valence-corrected chi connectivity index (χ3v) is 3.89. The van der Waals surface area contributed by atoms with Gasteiger partial charge in [-0.15, -0.1) is 0 Å². The van der Waals surface area contributed by atoms with Gasteiger partial charge in [-0.3, -0.25) is 5.41 Å². The second-order valence-electron chi connectivity index (χ2n) is 5.41. The van der Waals surface area contributed by atoms with Crippen molar-refractivity contribution in [2.45, 2.75) is 18.9 Å². The number of likely N-dealkylation sites (tertiary alicyclic amines) is 1. The van der Waals surface area contributed by atoms with Gasteiger partial charge in [-0.05, 0) is 25.0 Å². The Bertz CT molecular complexity index is 595. The number of nitrogens with two attached hydrogens (primary N) is 1. The zero-order valence-electron chi connectivity index (χ0n) is 14.1. The lowest BCUT2D eigenvalue weighted by Crippen LogP contribution is -2.46. The first-order valence-electron chi connectivity index (χ1n) is 7.60. The summed E-state index contributed by atoms with van der Waals surface area (Å²) >= 11 is 0. The van der Waals surface area contributed by atoms with E-state index in [4.69, 9.17) is 30.1 Å². The van der Waals surface area contributed by atoms with E-state index in [1.807, 2.05) is 0 Å². The quantitative estimate of drug-likeness (QED) is 0.473. The zero-order valence-corrected chi connectivity index (χ0v) is 14.1. The summed E-state index contributed by atoms with van der Waals surface area (Å²) in [6.45, 7) is 1.12. The summed E-state index contributed by atoms with van der Waals surface area (Å²) < 4.78 is 21.3. The van der Waals surface area contributed by atoms with Gasteiger partial charge in [0.1, 0.15) is 6.10 Å². The molecule has 8 heteroatoms. The number of hydrogen-bond donors (Lipinski definition) is 2. The van der Waals surface area contributed by atoms with Gasteiger partial charge in [-0.1, -0.05) is 0 Å². The van der Waals surface area contributed by atoms with Gasteiger partial charge >= 0.3 is 5.97 Å². The van der Waals surface area contributed by atoms with E-state index in [0.717, 1.165) is 12.8 Å². The summed E-state index contributed by atoms with van der Waals surface area (Å²) in [7, 11) is 4.47. The molecule has 0 saturated carbocycles. The van der Waals surface area contributed by atoms with Crippen molar-refractivity contribution in [2.24, 2.45) is 5.73 Å². The number of esters is 1. The number of carbonyl (C=O) groups is 1. The largest absolute Gasteiger partial charge is 0.493 e. The third-order valence-electron chi connectivity index (χ3n) is 3.89. The minimum atomic E-state index is -0.482. The Morgan fingerprint density at radius 3 is 2.33 bits per heavy atom. The first kappa shape index (κ1) is 17.7. The second-order valence-corrected chi connectivity index (χ2v) is 5.41. The molecule has 1 atom stereocenters. The number of piperidine rings is 1. The molecule has 24 heavy (non-hydrogen) atoms. The molecule has 1 heterocycles. The van der Waals surface area contributed by atoms with E-state index >= 15 is 0 Å². The highest BCUT2D eigenvalue weighted by molar-refractivity contribution is 5.91. The summed E-state index contributed by atoms with van der Waals surface area (Å²) in [6, 6.07) is 3.10. The van der Waals surface area contributed by atoms with Crippen LogP contribution in [0, 0.1) is 5.41 Å². The van der Waals surface area contributed by atoms with Crippen LogP contribution in [0.4, 0.5) is 0 Å². The predicted molar refractivity (Wildman–Crippen MR) is 88.0 cm³/mol. The van der Waals surface area contributed by atoms with Crippen LogP contribution in [0.5, 0.6) is 17.2 Å². The average molecular weight is 337 g/mol. The fourth-order valence-electron chi connectivity index (χ4n) is 2.67. The van der Waals surface area contributed by atoms with Gasteiger partial charge in [0.15, 0.2) is 17.5 Å². The zero-order chi connectivity index (χ0) is 17.7. The lowest BCUT2D eigenvalue weighted by molar-refractivity contribution is 0.0154. The first-order chi connectivity index (χ1) is 11.5. The first-order valence-corrected chi connectivity index (χ1v) is 7.60. The number of nitrogens with zero attached hydrogens (tertiary/aromatic N) is 1. The standard InChI is InChI=1S/C16H23N3O5/c1-21-12-7-10(8-13(22-2)14(12)23-3)15(20)24-11-5-4-6-19(9-11)16(17)18/h7-8,11H,4-6,9H2,1-3H3,(H3,17,18). The Hall–Kier alpha value is -2.64. The highest BCUT2D eigenvalue weighted by atomic mass is 16.5. The number of nitrogens with one attached hydrogen (secondary N) is 1. The Balaban J connectivity index is 2.16. The molecule has 2 rings (SSSR count). The molecule has 1 aromatic carbocycles. The molecule has 1 unspecified atom stereocenters. The average Bonchev–Trinajstić information content (AvgIpc) is 2.60. The van der Waals surface area contributed by atoms with Crippen LogP contribution in [0.15, 0.2) is 12.1 Å². The van der Waals surface area contributed by atoms with Crippen LogP contribution < -0.4 is 19.9 Å². The van der Waals surface area contributed by atoms with Crippen LogP contribution in [-0.2, 0) is 4.74 Å². The summed E-state index contributed by atoms with van der Waals surface area (Å²) in [4.78, 5) is 14.1. The summed E-state index contributed by atoms with van der Waals surface area (Å²) in [5, 5.41) is 7.49. The fraction of sp³-hybridized carbons (Fsp3) is 0.500. The monoisotopic (exact) mass is 337 g/mol. The normalized spacial score (nSPS) is 17.1. The molecule has 0 spiro atoms. The van der Waals surface area contributed by atoms with Crippen LogP contribution in [-0.4, -0.2) is 57.4 Å². The second kappa shape index (κ2) is 7.76. The maximum Gasteiger partial charge on any atom is 0.338 e. The van der Waals surface area contributed by atoms with Crippen LogP contribution in [0.1, 0.15) is 23.2 Å². The minimum absolute atomic E-state index is 0.0106. The number of benzene rings is 1. The summed E-state index contributed by atoms with van der Waals surface area (Å²) in [5.74, 6) is 0.695. The molecule has 1 aliphatic rings. The van der Waals surface area contributed by atoms with E-state index < -0.39 is 5.97 Å². The predicted octanol–water partition coefficient (Wildman–Crippen LogP) is 1.23. The molecule has 1 aliphatic heterocycles. The van der Waals surface area contributed by atoms with Crippen molar-refractivity contribution in [1.29, 1.82) is 5.41 Å². The van der Waals surface area contributed by atoms with Crippen molar-refractivity contribution in [3.8, 4) is 17.2 Å². The minimum Gasteiger partial charge on any atom is -0.493 e. The molecule has 1 fully saturated rings. The SMILES string of the molecule is COc1cc(C(=O)OC2CCCN(C(=N)N)C2)cc(OC)c1OC. The van der Waals surface area contributed by atoms with Gasteiger partial charge in [0.05, 0.1) is 33.4 Å². The molecular formula is C16H23N3O5. The number of methoxy groups -OCH3 is 3. The highest BCUT2D eigenvalue weighted by Gasteiger charge is 2.25. The van der Waals surface area contributed by atoms with Gasteiger partial charge in [0.2, 0.25) is 5.75 Å². The molecule has 1 saturated heterocycles. The number of hydrogen-bond acceptors (Lipinski definition) is 6. The van der Waals surface area contributed by atoms with Crippen molar-refractivity contribution in [3.63, 3.8) is 0 Å². The summed E-state index contributed by atoms with van der Waals surface area (Å²) in [5.41, 5.74) is 5.81. The fourth-order valence-corrected chi connectivity index (χ4v) is 2.67. The lowest BCUT2D eigenvalue weighted by atomic mass is 10.1. The Kier molecular flexibility index (Phi) is 5.73. The highest BCUT2D eigenvalue weighted by Crippen LogP contribution is 2.38. The van der Waals surface area contributed by atoms with Crippen LogP contribution in [0.25, 0.3) is 0 Å². The number of rotatable bonds is 5. The van der Waals surface area contributed by atoms with E-state index in [-0.39, 0.29) is 12.1 Å².